The summed E-state index contributed by atoms with van der Waals surface area (Å²) in [5, 5.41) is 14.1. The molecule has 0 radical (unpaired) electrons. The van der Waals surface area contributed by atoms with Gasteiger partial charge in [-0.1, -0.05) is 32.8 Å². The lowest BCUT2D eigenvalue weighted by Gasteiger charge is -2.33. The van der Waals surface area contributed by atoms with Gasteiger partial charge in [0.2, 0.25) is 5.82 Å². The van der Waals surface area contributed by atoms with Crippen LogP contribution < -0.4 is 10.5 Å². The fourth-order valence-corrected chi connectivity index (χ4v) is 5.47. The SMILES string of the molecule is CCc1ccc2[nH]c(=O)c([C@@H](c3nnnn3C3CCCC3)[NH+]3CCC(C)CC3)cc2c1. The molecule has 0 unspecified atom stereocenters. The van der Waals surface area contributed by atoms with E-state index in [1.165, 1.54) is 36.1 Å². The van der Waals surface area contributed by atoms with Gasteiger partial charge in [0, 0.05) is 5.52 Å². The minimum absolute atomic E-state index is 0.0196. The average Bonchev–Trinajstić information content (AvgIpc) is 3.47. The first kappa shape index (κ1) is 20.4. The van der Waals surface area contributed by atoms with E-state index in [9.17, 15) is 4.79 Å². The molecule has 1 aliphatic heterocycles. The van der Waals surface area contributed by atoms with Gasteiger partial charge in [0.1, 0.15) is 0 Å². The number of quaternary nitrogens is 1. The number of aryl methyl sites for hydroxylation is 1. The predicted molar refractivity (Wildman–Crippen MR) is 120 cm³/mol. The van der Waals surface area contributed by atoms with Crippen LogP contribution in [0.5, 0.6) is 0 Å². The molecule has 164 valence electrons. The molecule has 2 fully saturated rings. The van der Waals surface area contributed by atoms with Crippen molar-refractivity contribution in [2.75, 3.05) is 13.1 Å². The molecule has 1 atom stereocenters. The van der Waals surface area contributed by atoms with Crippen LogP contribution in [0.3, 0.4) is 0 Å². The van der Waals surface area contributed by atoms with E-state index in [2.05, 4.69) is 52.6 Å². The molecular weight excluding hydrogens is 388 g/mol. The van der Waals surface area contributed by atoms with E-state index < -0.39 is 0 Å². The van der Waals surface area contributed by atoms with Gasteiger partial charge in [-0.2, -0.15) is 0 Å². The monoisotopic (exact) mass is 421 g/mol. The minimum atomic E-state index is -0.137. The number of piperidine rings is 1. The number of hydrogen-bond acceptors (Lipinski definition) is 4. The molecular formula is C24H33N6O+. The normalized spacial score (nSPS) is 23.4. The summed E-state index contributed by atoms with van der Waals surface area (Å²) < 4.78 is 2.04. The van der Waals surface area contributed by atoms with Gasteiger partial charge in [0.15, 0.2) is 6.04 Å². The Morgan fingerprint density at radius 2 is 1.94 bits per heavy atom. The Bertz CT molecular complexity index is 1100. The second-order valence-electron chi connectivity index (χ2n) is 9.52. The van der Waals surface area contributed by atoms with Crippen molar-refractivity contribution in [3.63, 3.8) is 0 Å². The highest BCUT2D eigenvalue weighted by Gasteiger charge is 2.37. The van der Waals surface area contributed by atoms with Gasteiger partial charge in [-0.25, -0.2) is 4.68 Å². The molecule has 1 saturated heterocycles. The van der Waals surface area contributed by atoms with Gasteiger partial charge in [-0.15, -0.1) is 5.10 Å². The zero-order chi connectivity index (χ0) is 21.4. The minimum Gasteiger partial charge on any atom is -0.322 e. The highest BCUT2D eigenvalue weighted by Crippen LogP contribution is 2.31. The van der Waals surface area contributed by atoms with Crippen molar-refractivity contribution in [1.82, 2.24) is 25.2 Å². The Hall–Kier alpha value is -2.54. The van der Waals surface area contributed by atoms with Crippen LogP contribution >= 0.6 is 0 Å². The van der Waals surface area contributed by atoms with E-state index in [-0.39, 0.29) is 11.6 Å². The molecule has 31 heavy (non-hydrogen) atoms. The lowest BCUT2D eigenvalue weighted by atomic mass is 9.95. The molecule has 3 aromatic rings. The maximum Gasteiger partial charge on any atom is 0.258 e. The van der Waals surface area contributed by atoms with Crippen molar-refractivity contribution in [2.45, 2.75) is 70.9 Å². The third-order valence-electron chi connectivity index (χ3n) is 7.43. The number of aromatic amines is 1. The number of nitrogens with zero attached hydrogens (tertiary/aromatic N) is 4. The molecule has 0 bridgehead atoms. The van der Waals surface area contributed by atoms with Crippen LogP contribution in [0.2, 0.25) is 0 Å². The summed E-state index contributed by atoms with van der Waals surface area (Å²) in [6.07, 6.45) is 7.99. The number of hydrogen-bond donors (Lipinski definition) is 2. The smallest absolute Gasteiger partial charge is 0.258 e. The molecule has 2 N–H and O–H groups in total. The van der Waals surface area contributed by atoms with E-state index in [1.54, 1.807) is 0 Å². The average molecular weight is 422 g/mol. The second-order valence-corrected chi connectivity index (χ2v) is 9.52. The van der Waals surface area contributed by atoms with Crippen LogP contribution in [0.4, 0.5) is 0 Å². The van der Waals surface area contributed by atoms with E-state index in [1.807, 2.05) is 10.7 Å². The van der Waals surface area contributed by atoms with Crippen molar-refractivity contribution in [1.29, 1.82) is 0 Å². The lowest BCUT2D eigenvalue weighted by molar-refractivity contribution is -0.932. The van der Waals surface area contributed by atoms with Crippen LogP contribution in [0.15, 0.2) is 29.1 Å². The fourth-order valence-electron chi connectivity index (χ4n) is 5.47. The second kappa shape index (κ2) is 8.54. The Labute approximate surface area is 182 Å². The molecule has 1 saturated carbocycles. The van der Waals surface area contributed by atoms with Crippen molar-refractivity contribution in [3.8, 4) is 0 Å². The molecule has 2 aliphatic rings. The number of aromatic nitrogens is 5. The van der Waals surface area contributed by atoms with Crippen LogP contribution in [0.1, 0.15) is 81.4 Å². The van der Waals surface area contributed by atoms with Crippen LogP contribution in [-0.2, 0) is 6.42 Å². The van der Waals surface area contributed by atoms with Gasteiger partial charge in [0.05, 0.1) is 24.7 Å². The molecule has 3 heterocycles. The fraction of sp³-hybridized carbons (Fsp3) is 0.583. The zero-order valence-electron chi connectivity index (χ0n) is 18.6. The molecule has 7 heteroatoms. The number of benzene rings is 1. The highest BCUT2D eigenvalue weighted by atomic mass is 16.1. The maximum absolute atomic E-state index is 13.3. The van der Waals surface area contributed by atoms with Crippen LogP contribution in [0, 0.1) is 5.92 Å². The third-order valence-corrected chi connectivity index (χ3v) is 7.43. The Morgan fingerprint density at radius 1 is 1.16 bits per heavy atom. The number of likely N-dealkylation sites (tertiary alicyclic amines) is 1. The zero-order valence-corrected chi connectivity index (χ0v) is 18.6. The number of fused-ring (bicyclic) bond motifs is 1. The van der Waals surface area contributed by atoms with E-state index in [0.717, 1.165) is 60.6 Å². The van der Waals surface area contributed by atoms with E-state index in [4.69, 9.17) is 0 Å². The van der Waals surface area contributed by atoms with E-state index in [0.29, 0.717) is 6.04 Å². The predicted octanol–water partition coefficient (Wildman–Crippen LogP) is 2.60. The number of rotatable bonds is 5. The summed E-state index contributed by atoms with van der Waals surface area (Å²) >= 11 is 0. The number of H-pyrrole nitrogens is 1. The highest BCUT2D eigenvalue weighted by molar-refractivity contribution is 5.79. The van der Waals surface area contributed by atoms with Gasteiger partial charge in [-0.3, -0.25) is 4.79 Å². The topological polar surface area (TPSA) is 80.9 Å². The van der Waals surface area contributed by atoms with Crippen molar-refractivity contribution in [3.05, 3.63) is 51.6 Å². The van der Waals surface area contributed by atoms with Gasteiger partial charge >= 0.3 is 0 Å². The summed E-state index contributed by atoms with van der Waals surface area (Å²) in [7, 11) is 0. The van der Waals surface area contributed by atoms with Gasteiger partial charge in [-0.05, 0) is 77.6 Å². The van der Waals surface area contributed by atoms with Crippen molar-refractivity contribution < 1.29 is 4.90 Å². The first-order valence-corrected chi connectivity index (χ1v) is 11.9. The van der Waals surface area contributed by atoms with Gasteiger partial charge in [0.25, 0.3) is 5.56 Å². The molecule has 1 aliphatic carbocycles. The maximum atomic E-state index is 13.3. The summed E-state index contributed by atoms with van der Waals surface area (Å²) in [4.78, 5) is 17.9. The number of pyridine rings is 1. The molecule has 0 amide bonds. The summed E-state index contributed by atoms with van der Waals surface area (Å²) in [6, 6.07) is 8.61. The molecule has 2 aromatic heterocycles. The van der Waals surface area contributed by atoms with E-state index >= 15 is 0 Å². The summed E-state index contributed by atoms with van der Waals surface area (Å²) in [6.45, 7) is 6.56. The molecule has 1 aromatic carbocycles. The third kappa shape index (κ3) is 3.91. The largest absolute Gasteiger partial charge is 0.322 e. The van der Waals surface area contributed by atoms with Gasteiger partial charge < -0.3 is 9.88 Å². The Kier molecular flexibility index (Phi) is 5.61. The lowest BCUT2D eigenvalue weighted by Crippen LogP contribution is -3.13. The summed E-state index contributed by atoms with van der Waals surface area (Å²) in [5.41, 5.74) is 2.94. The van der Waals surface area contributed by atoms with Crippen molar-refractivity contribution >= 4 is 10.9 Å². The first-order chi connectivity index (χ1) is 15.1. The molecule has 7 nitrogen and oxygen atoms in total. The van der Waals surface area contributed by atoms with Crippen LogP contribution in [0.25, 0.3) is 10.9 Å². The molecule has 5 rings (SSSR count). The quantitative estimate of drug-likeness (QED) is 0.664. The first-order valence-electron chi connectivity index (χ1n) is 11.9. The van der Waals surface area contributed by atoms with Crippen molar-refractivity contribution in [2.24, 2.45) is 5.92 Å². The number of nitrogens with one attached hydrogen (secondary N) is 2. The van der Waals surface area contributed by atoms with Crippen LogP contribution in [-0.4, -0.2) is 38.3 Å². The number of tetrazole rings is 1. The Balaban J connectivity index is 1.63. The summed E-state index contributed by atoms with van der Waals surface area (Å²) in [5.74, 6) is 1.59. The standard InChI is InChI=1S/C24H32N6O/c1-3-17-8-9-21-18(14-17)15-20(24(31)25-21)22(29-12-10-16(2)11-13-29)23-26-27-28-30(23)19-6-4-5-7-19/h8-9,14-16,19,22H,3-7,10-13H2,1-2H3,(H,25,31)/p+1/t22-/m0/s1. The Morgan fingerprint density at radius 3 is 2.68 bits per heavy atom. The molecule has 0 spiro atoms.